The van der Waals surface area contributed by atoms with Crippen molar-refractivity contribution >= 4 is 11.9 Å². The molecule has 1 aliphatic rings. The van der Waals surface area contributed by atoms with E-state index in [2.05, 4.69) is 44.2 Å². The second-order valence-electron chi connectivity index (χ2n) is 15.2. The van der Waals surface area contributed by atoms with E-state index in [1.165, 1.54) is 70.6 Å². The molecular formula is C47H80O10. The molecule has 0 amide bonds. The van der Waals surface area contributed by atoms with Gasteiger partial charge in [-0.1, -0.05) is 158 Å². The maximum Gasteiger partial charge on any atom is 0.306 e. The molecule has 1 saturated heterocycles. The van der Waals surface area contributed by atoms with Gasteiger partial charge in [-0.15, -0.1) is 0 Å². The van der Waals surface area contributed by atoms with Gasteiger partial charge in [0.1, 0.15) is 31.0 Å². The number of allylic oxidation sites excluding steroid dienone is 10. The van der Waals surface area contributed by atoms with Crippen LogP contribution in [-0.2, 0) is 28.5 Å². The van der Waals surface area contributed by atoms with Gasteiger partial charge in [-0.25, -0.2) is 0 Å². The van der Waals surface area contributed by atoms with Crippen molar-refractivity contribution in [2.75, 3.05) is 19.8 Å². The van der Waals surface area contributed by atoms with Crippen LogP contribution in [0.1, 0.15) is 168 Å². The van der Waals surface area contributed by atoms with Crippen LogP contribution >= 0.6 is 0 Å². The highest BCUT2D eigenvalue weighted by Gasteiger charge is 2.44. The van der Waals surface area contributed by atoms with Crippen LogP contribution < -0.4 is 0 Å². The van der Waals surface area contributed by atoms with E-state index in [0.29, 0.717) is 12.8 Å². The summed E-state index contributed by atoms with van der Waals surface area (Å²) < 4.78 is 22.1. The van der Waals surface area contributed by atoms with Crippen molar-refractivity contribution in [3.05, 3.63) is 60.8 Å². The lowest BCUT2D eigenvalue weighted by atomic mass is 9.99. The molecule has 10 nitrogen and oxygen atoms in total. The molecule has 4 N–H and O–H groups in total. The Kier molecular flexibility index (Phi) is 34.6. The summed E-state index contributed by atoms with van der Waals surface area (Å²) >= 11 is 0. The lowest BCUT2D eigenvalue weighted by Crippen LogP contribution is -2.59. The van der Waals surface area contributed by atoms with Crippen molar-refractivity contribution in [2.45, 2.75) is 205 Å². The summed E-state index contributed by atoms with van der Waals surface area (Å²) in [6, 6.07) is 0. The number of esters is 2. The van der Waals surface area contributed by atoms with E-state index in [-0.39, 0.29) is 26.1 Å². The van der Waals surface area contributed by atoms with E-state index in [0.717, 1.165) is 57.8 Å². The van der Waals surface area contributed by atoms with Crippen molar-refractivity contribution in [2.24, 2.45) is 0 Å². The van der Waals surface area contributed by atoms with E-state index in [9.17, 15) is 30.0 Å². The van der Waals surface area contributed by atoms with Crippen molar-refractivity contribution in [3.8, 4) is 0 Å². The summed E-state index contributed by atoms with van der Waals surface area (Å²) in [5, 5.41) is 40.1. The van der Waals surface area contributed by atoms with Gasteiger partial charge in [0.25, 0.3) is 0 Å². The average Bonchev–Trinajstić information content (AvgIpc) is 3.21. The average molecular weight is 805 g/mol. The first-order valence-electron chi connectivity index (χ1n) is 22.4. The Labute approximate surface area is 345 Å². The number of rotatable bonds is 36. The molecule has 1 fully saturated rings. The highest BCUT2D eigenvalue weighted by atomic mass is 16.7. The molecule has 0 saturated carbocycles. The molecule has 10 heteroatoms. The third kappa shape index (κ3) is 29.3. The molecule has 57 heavy (non-hydrogen) atoms. The Balaban J connectivity index is 2.35. The number of carbonyl (C=O) groups is 2. The normalized spacial score (nSPS) is 20.8. The Bertz CT molecular complexity index is 1110. The quantitative estimate of drug-likeness (QED) is 0.0209. The summed E-state index contributed by atoms with van der Waals surface area (Å²) in [7, 11) is 0. The van der Waals surface area contributed by atoms with Crippen LogP contribution in [0.2, 0.25) is 0 Å². The smallest absolute Gasteiger partial charge is 0.306 e. The summed E-state index contributed by atoms with van der Waals surface area (Å²) in [6.07, 6.45) is 37.9. The first-order valence-corrected chi connectivity index (χ1v) is 22.4. The van der Waals surface area contributed by atoms with Crippen LogP contribution in [0.25, 0.3) is 0 Å². The van der Waals surface area contributed by atoms with Gasteiger partial charge in [0.2, 0.25) is 0 Å². The predicted octanol–water partition coefficient (Wildman–Crippen LogP) is 9.44. The first kappa shape index (κ1) is 52.4. The molecule has 0 radical (unpaired) electrons. The highest BCUT2D eigenvalue weighted by molar-refractivity contribution is 5.70. The van der Waals surface area contributed by atoms with E-state index < -0.39 is 55.4 Å². The van der Waals surface area contributed by atoms with E-state index in [1.807, 2.05) is 30.4 Å². The molecule has 0 aromatic carbocycles. The fraction of sp³-hybridized carbons (Fsp3) is 0.745. The second kappa shape index (κ2) is 37.7. The van der Waals surface area contributed by atoms with Gasteiger partial charge in [0.15, 0.2) is 12.4 Å². The van der Waals surface area contributed by atoms with Crippen molar-refractivity contribution in [1.29, 1.82) is 0 Å². The standard InChI is InChI=1S/C47H80O10/c1-3-5-7-9-11-13-15-17-19-20-22-24-26-28-30-32-34-36-43(50)56-40(39-55-47-46(53)45(52)44(51)41(37-48)57-47)38-54-42(49)35-33-31-29-27-25-23-21-18-16-14-12-10-8-6-4-2/h6,8,10,12-16,18,21,40-41,44-48,51-53H,3-5,7,9,11,17,19-20,22-39H2,1-2H3/b8-6+,12-10+,15-13+,16-14+,21-18+/t40-,41-,44+,45?,46?,47-/m1/s1. The summed E-state index contributed by atoms with van der Waals surface area (Å²) in [5.74, 6) is -0.839. The predicted molar refractivity (Wildman–Crippen MR) is 228 cm³/mol. The third-order valence-electron chi connectivity index (χ3n) is 9.98. The van der Waals surface area contributed by atoms with Gasteiger partial charge < -0.3 is 39.4 Å². The Hall–Kier alpha value is -2.60. The minimum Gasteiger partial charge on any atom is -0.462 e. The molecule has 0 spiro atoms. The first-order chi connectivity index (χ1) is 27.8. The third-order valence-corrected chi connectivity index (χ3v) is 9.98. The summed E-state index contributed by atoms with van der Waals surface area (Å²) in [6.45, 7) is 3.24. The molecule has 2 unspecified atom stereocenters. The van der Waals surface area contributed by atoms with Crippen LogP contribution in [0.15, 0.2) is 60.8 Å². The maximum absolute atomic E-state index is 12.8. The molecule has 6 atom stereocenters. The van der Waals surface area contributed by atoms with Gasteiger partial charge in [0.05, 0.1) is 13.2 Å². The number of unbranched alkanes of at least 4 members (excludes halogenated alkanes) is 18. The molecule has 0 aromatic rings. The fourth-order valence-electron chi connectivity index (χ4n) is 6.43. The Morgan fingerprint density at radius 3 is 1.61 bits per heavy atom. The summed E-state index contributed by atoms with van der Waals surface area (Å²) in [5.41, 5.74) is 0. The molecule has 0 aliphatic carbocycles. The molecule has 0 aromatic heterocycles. The zero-order chi connectivity index (χ0) is 41.6. The Morgan fingerprint density at radius 1 is 0.561 bits per heavy atom. The van der Waals surface area contributed by atoms with Crippen molar-refractivity contribution < 1.29 is 49.0 Å². The molecule has 1 heterocycles. The topological polar surface area (TPSA) is 152 Å². The van der Waals surface area contributed by atoms with Crippen LogP contribution in [0.3, 0.4) is 0 Å². The monoisotopic (exact) mass is 805 g/mol. The largest absolute Gasteiger partial charge is 0.462 e. The van der Waals surface area contributed by atoms with Gasteiger partial charge in [-0.05, 0) is 57.8 Å². The van der Waals surface area contributed by atoms with Crippen molar-refractivity contribution in [1.82, 2.24) is 0 Å². The summed E-state index contributed by atoms with van der Waals surface area (Å²) in [4.78, 5) is 25.3. The van der Waals surface area contributed by atoms with E-state index in [1.54, 1.807) is 0 Å². The number of ether oxygens (including phenoxy) is 4. The molecule has 0 bridgehead atoms. The zero-order valence-electron chi connectivity index (χ0n) is 35.6. The minimum absolute atomic E-state index is 0.220. The van der Waals surface area contributed by atoms with Crippen LogP contribution in [0.5, 0.6) is 0 Å². The Morgan fingerprint density at radius 2 is 1.05 bits per heavy atom. The van der Waals surface area contributed by atoms with Gasteiger partial charge in [-0.2, -0.15) is 0 Å². The molecule has 1 aliphatic heterocycles. The van der Waals surface area contributed by atoms with Crippen LogP contribution in [0.4, 0.5) is 0 Å². The number of hydrogen-bond donors (Lipinski definition) is 4. The lowest BCUT2D eigenvalue weighted by Gasteiger charge is -2.39. The van der Waals surface area contributed by atoms with Gasteiger partial charge >= 0.3 is 11.9 Å². The fourth-order valence-corrected chi connectivity index (χ4v) is 6.43. The molecular weight excluding hydrogens is 725 g/mol. The van der Waals surface area contributed by atoms with E-state index >= 15 is 0 Å². The molecule has 328 valence electrons. The van der Waals surface area contributed by atoms with Crippen LogP contribution in [-0.4, -0.2) is 89.0 Å². The number of hydrogen-bond acceptors (Lipinski definition) is 10. The van der Waals surface area contributed by atoms with Crippen molar-refractivity contribution in [3.63, 3.8) is 0 Å². The van der Waals surface area contributed by atoms with Crippen LogP contribution in [0, 0.1) is 0 Å². The van der Waals surface area contributed by atoms with Gasteiger partial charge in [0, 0.05) is 12.8 Å². The SMILES string of the molecule is CC/C=C/C=C/C=C/C=C/CCCCCCCC(=O)OC[C@H](CO[C@@H]1O[C@H](CO)[C@H](O)C(O)C1O)OC(=O)CCCCCCCCCCC/C=C/CCCCCC. The highest BCUT2D eigenvalue weighted by Crippen LogP contribution is 2.22. The number of aliphatic hydroxyl groups excluding tert-OH is 4. The number of carbonyl (C=O) groups excluding carboxylic acids is 2. The van der Waals surface area contributed by atoms with E-state index in [4.69, 9.17) is 18.9 Å². The second-order valence-corrected chi connectivity index (χ2v) is 15.2. The number of aliphatic hydroxyl groups is 4. The maximum atomic E-state index is 12.8. The molecule has 1 rings (SSSR count). The minimum atomic E-state index is -1.60. The lowest BCUT2D eigenvalue weighted by molar-refractivity contribution is -0.305. The van der Waals surface area contributed by atoms with Gasteiger partial charge in [-0.3, -0.25) is 9.59 Å². The zero-order valence-corrected chi connectivity index (χ0v) is 35.6.